The van der Waals surface area contributed by atoms with Crippen molar-refractivity contribution in [2.45, 2.75) is 32.9 Å². The molecule has 0 fully saturated rings. The maximum Gasteiger partial charge on any atom is 0.234 e. The van der Waals surface area contributed by atoms with Crippen LogP contribution in [0, 0.1) is 5.92 Å². The molecule has 2 atom stereocenters. The van der Waals surface area contributed by atoms with Gasteiger partial charge < -0.3 is 15.2 Å². The molecule has 0 aromatic heterocycles. The molecule has 7 nitrogen and oxygen atoms in total. The third-order valence-electron chi connectivity index (χ3n) is 3.66. The van der Waals surface area contributed by atoms with E-state index in [-0.39, 0.29) is 11.5 Å². The molecule has 0 bridgehead atoms. The summed E-state index contributed by atoms with van der Waals surface area (Å²) in [5, 5.41) is 2.77. The topological polar surface area (TPSA) is 108 Å². The lowest BCUT2D eigenvalue weighted by molar-refractivity contribution is -0.122. The first-order valence-corrected chi connectivity index (χ1v) is 7.55. The highest BCUT2D eigenvalue weighted by Gasteiger charge is 2.31. The number of nitrogens with two attached hydrogens (primary N) is 1. The average molecular weight is 336 g/mol. The normalized spacial score (nSPS) is 13.2. The SMILES string of the molecule is COc1ccc(C(=O)C(NC(C(N)=O)C(C)C)C(C)=O)cc1OC. The zero-order chi connectivity index (χ0) is 18.4. The number of hydrogen-bond acceptors (Lipinski definition) is 6. The maximum atomic E-state index is 12.7. The van der Waals surface area contributed by atoms with Gasteiger partial charge in [0, 0.05) is 5.56 Å². The van der Waals surface area contributed by atoms with E-state index in [2.05, 4.69) is 5.32 Å². The number of amides is 1. The summed E-state index contributed by atoms with van der Waals surface area (Å²) in [6.45, 7) is 4.84. The number of rotatable bonds is 9. The number of methoxy groups -OCH3 is 2. The highest BCUT2D eigenvalue weighted by molar-refractivity contribution is 6.14. The lowest BCUT2D eigenvalue weighted by Gasteiger charge is -2.24. The Morgan fingerprint density at radius 2 is 1.67 bits per heavy atom. The first-order valence-electron chi connectivity index (χ1n) is 7.55. The highest BCUT2D eigenvalue weighted by Crippen LogP contribution is 2.28. The highest BCUT2D eigenvalue weighted by atomic mass is 16.5. The molecule has 3 N–H and O–H groups in total. The second-order valence-electron chi connectivity index (χ2n) is 5.77. The van der Waals surface area contributed by atoms with E-state index in [1.54, 1.807) is 19.9 Å². The monoisotopic (exact) mass is 336 g/mol. The minimum Gasteiger partial charge on any atom is -0.493 e. The fourth-order valence-corrected chi connectivity index (χ4v) is 2.32. The summed E-state index contributed by atoms with van der Waals surface area (Å²) in [4.78, 5) is 36.2. The van der Waals surface area contributed by atoms with E-state index in [4.69, 9.17) is 15.2 Å². The molecule has 0 saturated carbocycles. The number of carbonyl (C=O) groups excluding carboxylic acids is 3. The van der Waals surface area contributed by atoms with Gasteiger partial charge in [0.15, 0.2) is 23.1 Å². The van der Waals surface area contributed by atoms with Crippen LogP contribution in [-0.2, 0) is 9.59 Å². The van der Waals surface area contributed by atoms with Gasteiger partial charge in [-0.3, -0.25) is 19.7 Å². The molecule has 1 rings (SSSR count). The summed E-state index contributed by atoms with van der Waals surface area (Å²) in [5.41, 5.74) is 5.62. The summed E-state index contributed by atoms with van der Waals surface area (Å²) in [7, 11) is 2.94. The molecule has 0 spiro atoms. The van der Waals surface area contributed by atoms with Crippen LogP contribution in [-0.4, -0.2) is 43.8 Å². The fourth-order valence-electron chi connectivity index (χ4n) is 2.32. The summed E-state index contributed by atoms with van der Waals surface area (Å²) >= 11 is 0. The molecule has 0 aliphatic carbocycles. The summed E-state index contributed by atoms with van der Waals surface area (Å²) < 4.78 is 10.3. The molecule has 0 aliphatic rings. The van der Waals surface area contributed by atoms with Crippen molar-refractivity contribution in [1.82, 2.24) is 5.32 Å². The van der Waals surface area contributed by atoms with Gasteiger partial charge in [0.1, 0.15) is 6.04 Å². The summed E-state index contributed by atoms with van der Waals surface area (Å²) in [5.74, 6) is -0.796. The van der Waals surface area contributed by atoms with Gasteiger partial charge in [-0.15, -0.1) is 0 Å². The number of hydrogen-bond donors (Lipinski definition) is 2. The Bertz CT molecular complexity index is 627. The number of benzene rings is 1. The molecule has 132 valence electrons. The third-order valence-corrected chi connectivity index (χ3v) is 3.66. The van der Waals surface area contributed by atoms with E-state index >= 15 is 0 Å². The van der Waals surface area contributed by atoms with Gasteiger partial charge in [-0.25, -0.2) is 0 Å². The van der Waals surface area contributed by atoms with E-state index < -0.39 is 29.6 Å². The van der Waals surface area contributed by atoms with Crippen LogP contribution in [0.1, 0.15) is 31.1 Å². The zero-order valence-electron chi connectivity index (χ0n) is 14.6. The minimum absolute atomic E-state index is 0.164. The first-order chi connectivity index (χ1) is 11.2. The smallest absolute Gasteiger partial charge is 0.234 e. The minimum atomic E-state index is -1.16. The second-order valence-corrected chi connectivity index (χ2v) is 5.77. The molecule has 2 unspecified atom stereocenters. The Morgan fingerprint density at radius 1 is 1.08 bits per heavy atom. The Kier molecular flexibility index (Phi) is 6.91. The van der Waals surface area contributed by atoms with Crippen molar-refractivity contribution in [3.05, 3.63) is 23.8 Å². The van der Waals surface area contributed by atoms with Crippen molar-refractivity contribution in [2.75, 3.05) is 14.2 Å². The van der Waals surface area contributed by atoms with Crippen LogP contribution in [0.25, 0.3) is 0 Å². The van der Waals surface area contributed by atoms with Crippen LogP contribution in [0.3, 0.4) is 0 Å². The molecule has 0 radical (unpaired) electrons. The van der Waals surface area contributed by atoms with Crippen LogP contribution in [0.15, 0.2) is 18.2 Å². The van der Waals surface area contributed by atoms with Gasteiger partial charge in [0.25, 0.3) is 0 Å². The van der Waals surface area contributed by atoms with Crippen molar-refractivity contribution >= 4 is 17.5 Å². The number of ether oxygens (including phenoxy) is 2. The van der Waals surface area contributed by atoms with E-state index in [0.717, 1.165) is 0 Å². The molecule has 1 aromatic rings. The predicted molar refractivity (Wildman–Crippen MR) is 89.3 cm³/mol. The standard InChI is InChI=1S/C17H24N2O5/c1-9(2)14(17(18)22)19-15(10(3)20)16(21)11-6-7-12(23-4)13(8-11)24-5/h6-9,14-15,19H,1-5H3,(H2,18,22). The van der Waals surface area contributed by atoms with Crippen molar-refractivity contribution < 1.29 is 23.9 Å². The van der Waals surface area contributed by atoms with E-state index in [0.29, 0.717) is 11.5 Å². The van der Waals surface area contributed by atoms with Gasteiger partial charge in [-0.05, 0) is 31.0 Å². The number of carbonyl (C=O) groups is 3. The van der Waals surface area contributed by atoms with Crippen molar-refractivity contribution in [2.24, 2.45) is 11.7 Å². The number of ketones is 2. The molecule has 0 aliphatic heterocycles. The molecule has 0 saturated heterocycles. The van der Waals surface area contributed by atoms with Crippen molar-refractivity contribution in [3.8, 4) is 11.5 Å². The Morgan fingerprint density at radius 3 is 2.08 bits per heavy atom. The van der Waals surface area contributed by atoms with Crippen LogP contribution in [0.4, 0.5) is 0 Å². The van der Waals surface area contributed by atoms with Gasteiger partial charge in [0.2, 0.25) is 5.91 Å². The molecule has 7 heteroatoms. The van der Waals surface area contributed by atoms with E-state index in [9.17, 15) is 14.4 Å². The average Bonchev–Trinajstić information content (AvgIpc) is 2.53. The number of Topliss-reactive ketones (excluding diaryl/α,β-unsaturated/α-hetero) is 2. The molecule has 1 aromatic carbocycles. The Balaban J connectivity index is 3.15. The fraction of sp³-hybridized carbons (Fsp3) is 0.471. The largest absolute Gasteiger partial charge is 0.493 e. The quantitative estimate of drug-likeness (QED) is 0.513. The lowest BCUT2D eigenvalue weighted by atomic mass is 9.97. The number of nitrogens with one attached hydrogen (secondary N) is 1. The van der Waals surface area contributed by atoms with E-state index in [1.807, 2.05) is 0 Å². The van der Waals surface area contributed by atoms with Gasteiger partial charge in [-0.1, -0.05) is 13.8 Å². The first kappa shape index (κ1) is 19.6. The van der Waals surface area contributed by atoms with Gasteiger partial charge in [-0.2, -0.15) is 0 Å². The number of primary amides is 1. The molecule has 1 amide bonds. The van der Waals surface area contributed by atoms with Crippen LogP contribution < -0.4 is 20.5 Å². The Labute approximate surface area is 141 Å². The van der Waals surface area contributed by atoms with Gasteiger partial charge in [0.05, 0.1) is 20.3 Å². The van der Waals surface area contributed by atoms with Crippen LogP contribution in [0.2, 0.25) is 0 Å². The van der Waals surface area contributed by atoms with Crippen molar-refractivity contribution in [1.29, 1.82) is 0 Å². The molecule has 24 heavy (non-hydrogen) atoms. The summed E-state index contributed by atoms with van der Waals surface area (Å²) in [6.07, 6.45) is 0. The summed E-state index contributed by atoms with van der Waals surface area (Å²) in [6, 6.07) is 2.66. The second kappa shape index (κ2) is 8.44. The van der Waals surface area contributed by atoms with Crippen LogP contribution >= 0.6 is 0 Å². The Hall–Kier alpha value is -2.41. The zero-order valence-corrected chi connectivity index (χ0v) is 14.6. The van der Waals surface area contributed by atoms with Crippen LogP contribution in [0.5, 0.6) is 11.5 Å². The predicted octanol–water partition coefficient (Wildman–Crippen LogP) is 0.944. The molecular weight excluding hydrogens is 312 g/mol. The molecular formula is C17H24N2O5. The molecule has 0 heterocycles. The van der Waals surface area contributed by atoms with E-state index in [1.165, 1.54) is 33.3 Å². The van der Waals surface area contributed by atoms with Gasteiger partial charge >= 0.3 is 0 Å². The van der Waals surface area contributed by atoms with Crippen molar-refractivity contribution in [3.63, 3.8) is 0 Å². The lowest BCUT2D eigenvalue weighted by Crippen LogP contribution is -2.54. The maximum absolute atomic E-state index is 12.7. The third kappa shape index (κ3) is 4.55.